The van der Waals surface area contributed by atoms with Crippen LogP contribution in [0.2, 0.25) is 0 Å². The van der Waals surface area contributed by atoms with Crippen LogP contribution in [0, 0.1) is 0 Å². The fraction of sp³-hybridized carbons (Fsp3) is 0. The number of rotatable bonds is 6. The van der Waals surface area contributed by atoms with Gasteiger partial charge in [-0.15, -0.1) is 11.3 Å². The zero-order valence-corrected chi connectivity index (χ0v) is 29.2. The summed E-state index contributed by atoms with van der Waals surface area (Å²) in [6.07, 6.45) is 0. The molecule has 0 aliphatic rings. The highest BCUT2D eigenvalue weighted by Gasteiger charge is 2.16. The first-order valence-corrected chi connectivity index (χ1v) is 18.6. The molecule has 244 valence electrons. The molecule has 1 aromatic heterocycles. The smallest absolute Gasteiger partial charge is 0.0468 e. The monoisotopic (exact) mass is 679 g/mol. The molecule has 2 heteroatoms. The van der Waals surface area contributed by atoms with E-state index in [9.17, 15) is 0 Å². The van der Waals surface area contributed by atoms with Crippen molar-refractivity contribution in [2.45, 2.75) is 0 Å². The van der Waals surface area contributed by atoms with Crippen molar-refractivity contribution in [2.75, 3.05) is 4.90 Å². The zero-order valence-electron chi connectivity index (χ0n) is 28.4. The lowest BCUT2D eigenvalue weighted by molar-refractivity contribution is 1.29. The van der Waals surface area contributed by atoms with Crippen LogP contribution in [0.3, 0.4) is 0 Å². The van der Waals surface area contributed by atoms with Crippen LogP contribution in [0.4, 0.5) is 17.1 Å². The van der Waals surface area contributed by atoms with Gasteiger partial charge in [-0.3, -0.25) is 0 Å². The van der Waals surface area contributed by atoms with Crippen LogP contribution in [0.5, 0.6) is 0 Å². The average molecular weight is 680 g/mol. The van der Waals surface area contributed by atoms with E-state index in [4.69, 9.17) is 0 Å². The maximum absolute atomic E-state index is 2.39. The van der Waals surface area contributed by atoms with Crippen molar-refractivity contribution in [2.24, 2.45) is 0 Å². The Balaban J connectivity index is 1.05. The molecule has 0 aliphatic carbocycles. The summed E-state index contributed by atoms with van der Waals surface area (Å²) in [7, 11) is 0. The molecule has 1 heterocycles. The Bertz CT molecular complexity index is 2900. The van der Waals surface area contributed by atoms with Crippen molar-refractivity contribution in [3.05, 3.63) is 200 Å². The summed E-state index contributed by atoms with van der Waals surface area (Å²) in [5, 5.41) is 7.59. The molecular formula is C50H33NS. The predicted octanol–water partition coefficient (Wildman–Crippen LogP) is 14.8. The molecule has 0 aliphatic heterocycles. The van der Waals surface area contributed by atoms with Crippen molar-refractivity contribution >= 4 is 70.1 Å². The molecule has 0 N–H and O–H groups in total. The molecule has 10 rings (SSSR count). The van der Waals surface area contributed by atoms with Crippen LogP contribution in [-0.2, 0) is 0 Å². The van der Waals surface area contributed by atoms with Gasteiger partial charge in [-0.05, 0) is 122 Å². The lowest BCUT2D eigenvalue weighted by Gasteiger charge is -2.26. The minimum atomic E-state index is 1.12. The molecule has 1 nitrogen and oxygen atoms in total. The maximum Gasteiger partial charge on any atom is 0.0468 e. The summed E-state index contributed by atoms with van der Waals surface area (Å²) in [6, 6.07) is 73.0. The van der Waals surface area contributed by atoms with E-state index in [0.29, 0.717) is 0 Å². The van der Waals surface area contributed by atoms with E-state index in [-0.39, 0.29) is 0 Å². The summed E-state index contributed by atoms with van der Waals surface area (Å²) < 4.78 is 2.62. The molecule has 0 atom stereocenters. The summed E-state index contributed by atoms with van der Waals surface area (Å²) >= 11 is 1.86. The molecule has 9 aromatic carbocycles. The van der Waals surface area contributed by atoms with Gasteiger partial charge in [0.05, 0.1) is 0 Å². The van der Waals surface area contributed by atoms with Crippen LogP contribution in [0.15, 0.2) is 200 Å². The molecule has 0 saturated heterocycles. The fourth-order valence-corrected chi connectivity index (χ4v) is 8.62. The third kappa shape index (κ3) is 5.51. The molecule has 0 bridgehead atoms. The van der Waals surface area contributed by atoms with E-state index in [1.54, 1.807) is 0 Å². The van der Waals surface area contributed by atoms with E-state index in [2.05, 4.69) is 205 Å². The van der Waals surface area contributed by atoms with Crippen molar-refractivity contribution in [3.8, 4) is 33.4 Å². The number of thiophene rings is 1. The van der Waals surface area contributed by atoms with Crippen LogP contribution >= 0.6 is 11.3 Å². The second-order valence-electron chi connectivity index (χ2n) is 13.4. The van der Waals surface area contributed by atoms with E-state index >= 15 is 0 Å². The van der Waals surface area contributed by atoms with Gasteiger partial charge in [0.2, 0.25) is 0 Å². The van der Waals surface area contributed by atoms with E-state index in [1.807, 2.05) is 11.3 Å². The van der Waals surface area contributed by atoms with Crippen LogP contribution in [-0.4, -0.2) is 0 Å². The van der Waals surface area contributed by atoms with E-state index in [0.717, 1.165) is 17.1 Å². The first-order chi connectivity index (χ1) is 25.7. The Morgan fingerprint density at radius 2 is 0.769 bits per heavy atom. The molecular weight excluding hydrogens is 647 g/mol. The molecule has 0 fully saturated rings. The Labute approximate surface area is 307 Å². The van der Waals surface area contributed by atoms with Gasteiger partial charge >= 0.3 is 0 Å². The van der Waals surface area contributed by atoms with Crippen molar-refractivity contribution in [1.29, 1.82) is 0 Å². The SMILES string of the molecule is c1ccc(-c2ccc(N(c3cccc(-c4ccc5cc(-c6ccc7ccccc7c6)ccc5c4)c3)c3ccc4sc5ccccc5c4c3)cc2)cc1. The largest absolute Gasteiger partial charge is 0.310 e. The van der Waals surface area contributed by atoms with Crippen molar-refractivity contribution in [1.82, 2.24) is 0 Å². The van der Waals surface area contributed by atoms with Crippen molar-refractivity contribution in [3.63, 3.8) is 0 Å². The zero-order chi connectivity index (χ0) is 34.4. The molecule has 52 heavy (non-hydrogen) atoms. The number of fused-ring (bicyclic) bond motifs is 5. The van der Waals surface area contributed by atoms with E-state index in [1.165, 1.54) is 75.1 Å². The van der Waals surface area contributed by atoms with Gasteiger partial charge in [-0.25, -0.2) is 0 Å². The molecule has 0 unspecified atom stereocenters. The standard InChI is InChI=1S/C50H33NS/c1-2-9-34(10-3-1)36-23-25-44(26-24-36)51(46-27-28-50-48(33-46)47-15-6-7-16-49(47)52-50)45-14-8-13-38(32-45)39-19-20-43-31-42(22-21-41(43)30-39)40-18-17-35-11-4-5-12-37(35)29-40/h1-33H. The Morgan fingerprint density at radius 3 is 1.52 bits per heavy atom. The summed E-state index contributed by atoms with van der Waals surface area (Å²) in [6.45, 7) is 0. The second kappa shape index (κ2) is 12.7. The van der Waals surface area contributed by atoms with Gasteiger partial charge in [-0.2, -0.15) is 0 Å². The topological polar surface area (TPSA) is 3.24 Å². The Kier molecular flexibility index (Phi) is 7.41. The van der Waals surface area contributed by atoms with Crippen LogP contribution < -0.4 is 4.90 Å². The van der Waals surface area contributed by atoms with Gasteiger partial charge < -0.3 is 4.90 Å². The Hall–Kier alpha value is -6.48. The molecule has 0 spiro atoms. The number of nitrogens with zero attached hydrogens (tertiary/aromatic N) is 1. The van der Waals surface area contributed by atoms with Gasteiger partial charge in [0.15, 0.2) is 0 Å². The molecule has 0 radical (unpaired) electrons. The second-order valence-corrected chi connectivity index (χ2v) is 14.5. The third-order valence-electron chi connectivity index (χ3n) is 10.2. The van der Waals surface area contributed by atoms with Gasteiger partial charge in [-0.1, -0.05) is 133 Å². The normalized spacial score (nSPS) is 11.5. The van der Waals surface area contributed by atoms with Crippen molar-refractivity contribution < 1.29 is 0 Å². The first kappa shape index (κ1) is 30.4. The minimum Gasteiger partial charge on any atom is -0.310 e. The predicted molar refractivity (Wildman–Crippen MR) is 225 cm³/mol. The highest BCUT2D eigenvalue weighted by molar-refractivity contribution is 7.25. The van der Waals surface area contributed by atoms with Crippen LogP contribution in [0.1, 0.15) is 0 Å². The fourth-order valence-electron chi connectivity index (χ4n) is 7.53. The highest BCUT2D eigenvalue weighted by Crippen LogP contribution is 2.42. The lowest BCUT2D eigenvalue weighted by Crippen LogP contribution is -2.10. The third-order valence-corrected chi connectivity index (χ3v) is 11.4. The maximum atomic E-state index is 2.39. The number of hydrogen-bond acceptors (Lipinski definition) is 2. The number of benzene rings is 9. The van der Waals surface area contributed by atoms with Gasteiger partial charge in [0.1, 0.15) is 0 Å². The highest BCUT2D eigenvalue weighted by atomic mass is 32.1. The molecule has 0 amide bonds. The first-order valence-electron chi connectivity index (χ1n) is 17.7. The van der Waals surface area contributed by atoms with Gasteiger partial charge in [0, 0.05) is 37.2 Å². The summed E-state index contributed by atoms with van der Waals surface area (Å²) in [5.74, 6) is 0. The lowest BCUT2D eigenvalue weighted by atomic mass is 9.96. The number of anilines is 3. The molecule has 0 saturated carbocycles. The summed E-state index contributed by atoms with van der Waals surface area (Å²) in [4.78, 5) is 2.39. The minimum absolute atomic E-state index is 1.12. The summed E-state index contributed by atoms with van der Waals surface area (Å²) in [5.41, 5.74) is 10.7. The van der Waals surface area contributed by atoms with E-state index < -0.39 is 0 Å². The average Bonchev–Trinajstić information content (AvgIpc) is 3.59. The van der Waals surface area contributed by atoms with Gasteiger partial charge in [0.25, 0.3) is 0 Å². The Morgan fingerprint density at radius 1 is 0.269 bits per heavy atom. The number of hydrogen-bond donors (Lipinski definition) is 0. The van der Waals surface area contributed by atoms with Crippen LogP contribution in [0.25, 0.3) is 75.1 Å². The quantitative estimate of drug-likeness (QED) is 0.169. The molecule has 10 aromatic rings.